The molecule has 0 fully saturated rings. The summed E-state index contributed by atoms with van der Waals surface area (Å²) >= 11 is 0. The third-order valence-electron chi connectivity index (χ3n) is 0.497. The zero-order valence-corrected chi connectivity index (χ0v) is 7.59. The van der Waals surface area contributed by atoms with Gasteiger partial charge in [-0.3, -0.25) is 4.79 Å². The largest absolute Gasteiger partial charge is 0.474 e. The summed E-state index contributed by atoms with van der Waals surface area (Å²) < 4.78 is 0. The Labute approximate surface area is 67.0 Å². The zero-order valence-electron chi connectivity index (χ0n) is 4.87. The molecule has 0 heterocycles. The molecule has 0 aromatic rings. The standard InChI is InChI=1S/C4H7N2O2.Re/c1-6(3-7)2-4(5)8;/h2-3H,1H3,(H2,5,8);/q-1;. The van der Waals surface area contributed by atoms with Gasteiger partial charge in [-0.25, -0.2) is 6.54 Å². The molecule has 0 saturated heterocycles. The maximum absolute atomic E-state index is 9.93. The summed E-state index contributed by atoms with van der Waals surface area (Å²) in [6.07, 6.45) is 0.491. The molecule has 1 radical (unpaired) electrons. The molecular weight excluding hydrogens is 294 g/mol. The van der Waals surface area contributed by atoms with Crippen LogP contribution < -0.4 is 5.73 Å². The van der Waals surface area contributed by atoms with Crippen LogP contribution in [0.4, 0.5) is 0 Å². The number of carbonyl (C=O) groups excluding carboxylic acids is 2. The molecule has 2 amide bonds. The minimum absolute atomic E-state index is 0. The molecule has 0 saturated carbocycles. The molecule has 0 atom stereocenters. The van der Waals surface area contributed by atoms with Crippen molar-refractivity contribution in [2.24, 2.45) is 5.73 Å². The van der Waals surface area contributed by atoms with Crippen LogP contribution in [0, 0.1) is 6.54 Å². The van der Waals surface area contributed by atoms with Crippen molar-refractivity contribution in [2.45, 2.75) is 0 Å². The van der Waals surface area contributed by atoms with Gasteiger partial charge in [0, 0.05) is 20.4 Å². The first-order valence-corrected chi connectivity index (χ1v) is 1.98. The van der Waals surface area contributed by atoms with Gasteiger partial charge in [0.1, 0.15) is 0 Å². The van der Waals surface area contributed by atoms with Gasteiger partial charge < -0.3 is 15.4 Å². The smallest absolute Gasteiger partial charge is 0.183 e. The first-order valence-electron chi connectivity index (χ1n) is 1.98. The Balaban J connectivity index is 0. The molecule has 0 unspecified atom stereocenters. The summed E-state index contributed by atoms with van der Waals surface area (Å²) in [4.78, 5) is 20.7. The van der Waals surface area contributed by atoms with Crippen molar-refractivity contribution in [3.63, 3.8) is 0 Å². The average molecular weight is 301 g/mol. The molecule has 5 heteroatoms. The van der Waals surface area contributed by atoms with Gasteiger partial charge in [-0.1, -0.05) is 0 Å². The third-order valence-corrected chi connectivity index (χ3v) is 0.497. The van der Waals surface area contributed by atoms with Crippen LogP contribution in [-0.2, 0) is 30.0 Å². The monoisotopic (exact) mass is 302 g/mol. The molecule has 0 rings (SSSR count). The number of nitrogens with zero attached hydrogens (tertiary/aromatic N) is 1. The van der Waals surface area contributed by atoms with E-state index in [0.29, 0.717) is 6.41 Å². The summed E-state index contributed by atoms with van der Waals surface area (Å²) in [6.45, 7) is 0.993. The predicted octanol–water partition coefficient (Wildman–Crippen LogP) is -1.28. The summed E-state index contributed by atoms with van der Waals surface area (Å²) in [5.74, 6) is -0.625. The van der Waals surface area contributed by atoms with Crippen LogP contribution >= 0.6 is 0 Å². The molecule has 4 nitrogen and oxygen atoms in total. The third kappa shape index (κ3) is 7.47. The molecule has 0 aromatic heterocycles. The second-order valence-electron chi connectivity index (χ2n) is 1.30. The molecule has 0 aliphatic heterocycles. The first-order chi connectivity index (χ1) is 3.66. The normalized spacial score (nSPS) is 6.78. The molecule has 53 valence electrons. The van der Waals surface area contributed by atoms with Gasteiger partial charge in [-0.2, -0.15) is 0 Å². The molecular formula is C4H7N2O2Re-. The predicted molar refractivity (Wildman–Crippen MR) is 27.3 cm³/mol. The minimum Gasteiger partial charge on any atom is -0.474 e. The van der Waals surface area contributed by atoms with E-state index in [9.17, 15) is 9.59 Å². The maximum atomic E-state index is 9.93. The summed E-state index contributed by atoms with van der Waals surface area (Å²) in [7, 11) is 1.43. The SMILES string of the molecule is CN(C=O)[CH-]C(N)=O.[Re]. The zero-order chi connectivity index (χ0) is 6.57. The number of carbonyl (C=O) groups is 2. The van der Waals surface area contributed by atoms with Crippen LogP contribution in [0.25, 0.3) is 0 Å². The van der Waals surface area contributed by atoms with Crippen LogP contribution in [0.3, 0.4) is 0 Å². The van der Waals surface area contributed by atoms with E-state index in [0.717, 1.165) is 11.4 Å². The van der Waals surface area contributed by atoms with Crippen molar-refractivity contribution in [3.8, 4) is 0 Å². The van der Waals surface area contributed by atoms with Crippen LogP contribution in [0.1, 0.15) is 0 Å². The van der Waals surface area contributed by atoms with E-state index in [1.807, 2.05) is 0 Å². The van der Waals surface area contributed by atoms with Gasteiger partial charge in [0.05, 0.1) is 5.91 Å². The van der Waals surface area contributed by atoms with Crippen LogP contribution in [-0.4, -0.2) is 24.3 Å². The maximum Gasteiger partial charge on any atom is 0.183 e. The van der Waals surface area contributed by atoms with E-state index in [-0.39, 0.29) is 20.4 Å². The molecule has 0 aliphatic carbocycles. The molecule has 0 aromatic carbocycles. The second-order valence-corrected chi connectivity index (χ2v) is 1.30. The van der Waals surface area contributed by atoms with Crippen LogP contribution in [0.15, 0.2) is 0 Å². The number of rotatable bonds is 3. The molecule has 0 aliphatic rings. The molecule has 9 heavy (non-hydrogen) atoms. The van der Waals surface area contributed by atoms with Gasteiger partial charge in [0.2, 0.25) is 0 Å². The fraction of sp³-hybridized carbons (Fsp3) is 0.250. The number of likely N-dealkylation sites (N-methyl/N-ethyl adjacent to an activating group) is 1. The molecule has 2 N–H and O–H groups in total. The van der Waals surface area contributed by atoms with Gasteiger partial charge in [0.15, 0.2) is 6.41 Å². The Bertz CT molecular complexity index is 107. The van der Waals surface area contributed by atoms with Crippen molar-refractivity contribution < 1.29 is 30.0 Å². The second kappa shape index (κ2) is 5.61. The summed E-state index contributed by atoms with van der Waals surface area (Å²) in [5, 5.41) is 0. The van der Waals surface area contributed by atoms with Crippen molar-refractivity contribution in [2.75, 3.05) is 7.05 Å². The van der Waals surface area contributed by atoms with Gasteiger partial charge in [-0.15, -0.1) is 0 Å². The topological polar surface area (TPSA) is 63.4 Å². The fourth-order valence-corrected chi connectivity index (χ4v) is 0.231. The van der Waals surface area contributed by atoms with Crippen molar-refractivity contribution in [1.29, 1.82) is 0 Å². The molecule has 0 bridgehead atoms. The van der Waals surface area contributed by atoms with Gasteiger partial charge >= 0.3 is 0 Å². The van der Waals surface area contributed by atoms with E-state index >= 15 is 0 Å². The van der Waals surface area contributed by atoms with Crippen molar-refractivity contribution in [1.82, 2.24) is 4.90 Å². The number of primary amides is 1. The first kappa shape index (κ1) is 11.3. The number of amides is 2. The van der Waals surface area contributed by atoms with Crippen molar-refractivity contribution >= 4 is 12.3 Å². The van der Waals surface area contributed by atoms with Crippen molar-refractivity contribution in [3.05, 3.63) is 6.54 Å². The average Bonchev–Trinajstić information content (AvgIpc) is 1.65. The summed E-state index contributed by atoms with van der Waals surface area (Å²) in [6, 6.07) is 0. The van der Waals surface area contributed by atoms with Gasteiger partial charge in [-0.05, 0) is 7.05 Å². The summed E-state index contributed by atoms with van der Waals surface area (Å²) in [5.41, 5.74) is 4.67. The Morgan fingerprint density at radius 2 is 2.22 bits per heavy atom. The van der Waals surface area contributed by atoms with E-state index < -0.39 is 5.91 Å². The Morgan fingerprint density at radius 3 is 2.33 bits per heavy atom. The molecule has 0 spiro atoms. The van der Waals surface area contributed by atoms with E-state index in [1.54, 1.807) is 0 Å². The van der Waals surface area contributed by atoms with E-state index in [1.165, 1.54) is 7.05 Å². The van der Waals surface area contributed by atoms with E-state index in [2.05, 4.69) is 5.73 Å². The Hall–Kier alpha value is -0.528. The van der Waals surface area contributed by atoms with Crippen LogP contribution in [0.2, 0.25) is 0 Å². The van der Waals surface area contributed by atoms with E-state index in [4.69, 9.17) is 0 Å². The fourth-order valence-electron chi connectivity index (χ4n) is 0.231. The quantitative estimate of drug-likeness (QED) is 0.521. The number of hydrogen-bond donors (Lipinski definition) is 1. The number of hydrogen-bond acceptors (Lipinski definition) is 2. The number of nitrogens with two attached hydrogens (primary N) is 1. The van der Waals surface area contributed by atoms with Crippen LogP contribution in [0.5, 0.6) is 0 Å². The minimum atomic E-state index is -0.625. The Kier molecular flexibility index (Phi) is 7.03. The Morgan fingerprint density at radius 1 is 1.78 bits per heavy atom. The van der Waals surface area contributed by atoms with Gasteiger partial charge in [0.25, 0.3) is 0 Å².